The first kappa shape index (κ1) is 17.4. The summed E-state index contributed by atoms with van der Waals surface area (Å²) < 4.78 is 16.1. The Kier molecular flexibility index (Phi) is 3.82. The lowest BCUT2D eigenvalue weighted by Crippen LogP contribution is -2.34. The molecule has 2 aromatic rings. The maximum absolute atomic E-state index is 14.5. The highest BCUT2D eigenvalue weighted by atomic mass is 19.1. The van der Waals surface area contributed by atoms with Gasteiger partial charge in [-0.3, -0.25) is 9.59 Å². The maximum atomic E-state index is 14.5. The molecular formula is C21H23FN4O2. The molecule has 6 nitrogen and oxygen atoms in total. The summed E-state index contributed by atoms with van der Waals surface area (Å²) in [6, 6.07) is 4.95. The molecule has 0 bridgehead atoms. The third-order valence-electron chi connectivity index (χ3n) is 6.38. The Balaban J connectivity index is 1.49. The Morgan fingerprint density at radius 3 is 2.96 bits per heavy atom. The minimum absolute atomic E-state index is 0.0643. The number of benzene rings is 1. The predicted octanol–water partition coefficient (Wildman–Crippen LogP) is 2.16. The second-order valence-corrected chi connectivity index (χ2v) is 8.42. The number of aryl methyl sites for hydroxylation is 1. The number of fused-ring (bicyclic) bond motifs is 1. The van der Waals surface area contributed by atoms with Crippen LogP contribution in [0, 0.1) is 18.2 Å². The predicted molar refractivity (Wildman–Crippen MR) is 101 cm³/mol. The number of rotatable bonds is 2. The monoisotopic (exact) mass is 382 g/mol. The van der Waals surface area contributed by atoms with E-state index in [4.69, 9.17) is 0 Å². The number of aromatic nitrogens is 2. The Labute approximate surface area is 162 Å². The fourth-order valence-electron chi connectivity index (χ4n) is 4.89. The van der Waals surface area contributed by atoms with Gasteiger partial charge < -0.3 is 10.2 Å². The molecular weight excluding hydrogens is 359 g/mol. The number of nitrogens with one attached hydrogen (secondary N) is 1. The molecule has 1 aromatic carbocycles. The number of carbonyl (C=O) groups excluding carboxylic acids is 2. The molecule has 1 aliphatic carbocycles. The summed E-state index contributed by atoms with van der Waals surface area (Å²) in [5.41, 5.74) is 3.56. The van der Waals surface area contributed by atoms with Gasteiger partial charge in [0.1, 0.15) is 11.5 Å². The van der Waals surface area contributed by atoms with Gasteiger partial charge in [-0.25, -0.2) is 9.07 Å². The van der Waals surface area contributed by atoms with Crippen molar-refractivity contribution in [3.63, 3.8) is 0 Å². The lowest BCUT2D eigenvalue weighted by atomic mass is 9.86. The number of halogens is 1. The van der Waals surface area contributed by atoms with Gasteiger partial charge in [-0.05, 0) is 50.3 Å². The SMILES string of the molecule is Cc1ccc(F)c(-n2nc(C(=O)N3CC[C@]4(CNC(=O)C4)C3)c3c2CCC3)c1. The quantitative estimate of drug-likeness (QED) is 0.866. The summed E-state index contributed by atoms with van der Waals surface area (Å²) in [5, 5.41) is 7.47. The van der Waals surface area contributed by atoms with Crippen molar-refractivity contribution in [1.29, 1.82) is 0 Å². The standard InChI is InChI=1S/C21H23FN4O2/c1-13-5-6-15(22)17(9-13)26-16-4-2-3-14(16)19(24-26)20(28)25-8-7-21(12-25)10-18(27)23-11-21/h5-6,9H,2-4,7-8,10-12H2,1H3,(H,23,27)/t21-/m0/s1. The molecule has 7 heteroatoms. The molecule has 0 radical (unpaired) electrons. The summed E-state index contributed by atoms with van der Waals surface area (Å²) in [7, 11) is 0. The van der Waals surface area contributed by atoms with Gasteiger partial charge in [0.15, 0.2) is 5.69 Å². The summed E-state index contributed by atoms with van der Waals surface area (Å²) >= 11 is 0. The van der Waals surface area contributed by atoms with E-state index in [1.807, 2.05) is 11.8 Å². The Hall–Kier alpha value is -2.70. The Morgan fingerprint density at radius 2 is 2.18 bits per heavy atom. The molecule has 146 valence electrons. The van der Waals surface area contributed by atoms with Crippen molar-refractivity contribution in [2.45, 2.75) is 39.0 Å². The summed E-state index contributed by atoms with van der Waals surface area (Å²) in [6.07, 6.45) is 3.85. The molecule has 0 unspecified atom stereocenters. The molecule has 3 heterocycles. The molecule has 0 saturated carbocycles. The Bertz CT molecular complexity index is 999. The summed E-state index contributed by atoms with van der Waals surface area (Å²) in [6.45, 7) is 3.76. The van der Waals surface area contributed by atoms with Crippen molar-refractivity contribution in [3.05, 3.63) is 46.5 Å². The number of amides is 2. The maximum Gasteiger partial charge on any atom is 0.274 e. The molecule has 1 spiro atoms. The topological polar surface area (TPSA) is 67.2 Å². The highest BCUT2D eigenvalue weighted by Crippen LogP contribution is 2.38. The number of hydrogen-bond acceptors (Lipinski definition) is 3. The van der Waals surface area contributed by atoms with Gasteiger partial charge in [0, 0.05) is 42.7 Å². The second-order valence-electron chi connectivity index (χ2n) is 8.42. The van der Waals surface area contributed by atoms with E-state index in [1.165, 1.54) is 6.07 Å². The molecule has 1 N–H and O–H groups in total. The van der Waals surface area contributed by atoms with Crippen LogP contribution in [-0.4, -0.2) is 46.1 Å². The van der Waals surface area contributed by atoms with Crippen LogP contribution in [0.2, 0.25) is 0 Å². The van der Waals surface area contributed by atoms with Gasteiger partial charge in [0.05, 0.1) is 0 Å². The third-order valence-corrected chi connectivity index (χ3v) is 6.38. The zero-order chi connectivity index (χ0) is 19.5. The molecule has 2 fully saturated rings. The molecule has 3 aliphatic rings. The molecule has 5 rings (SSSR count). The van der Waals surface area contributed by atoms with Crippen molar-refractivity contribution < 1.29 is 14.0 Å². The molecule has 2 aliphatic heterocycles. The molecule has 28 heavy (non-hydrogen) atoms. The highest BCUT2D eigenvalue weighted by Gasteiger charge is 2.46. The van der Waals surface area contributed by atoms with E-state index in [0.29, 0.717) is 37.4 Å². The van der Waals surface area contributed by atoms with Crippen LogP contribution in [0.1, 0.15) is 46.6 Å². The van der Waals surface area contributed by atoms with E-state index in [2.05, 4.69) is 10.4 Å². The van der Waals surface area contributed by atoms with E-state index >= 15 is 0 Å². The van der Waals surface area contributed by atoms with Crippen molar-refractivity contribution in [3.8, 4) is 5.69 Å². The Morgan fingerprint density at radius 1 is 1.32 bits per heavy atom. The van der Waals surface area contributed by atoms with Crippen molar-refractivity contribution in [2.24, 2.45) is 5.41 Å². The van der Waals surface area contributed by atoms with E-state index in [-0.39, 0.29) is 23.0 Å². The van der Waals surface area contributed by atoms with Gasteiger partial charge >= 0.3 is 0 Å². The van der Waals surface area contributed by atoms with Gasteiger partial charge in [-0.1, -0.05) is 6.07 Å². The first-order valence-corrected chi connectivity index (χ1v) is 9.89. The fourth-order valence-corrected chi connectivity index (χ4v) is 4.89. The first-order chi connectivity index (χ1) is 13.5. The van der Waals surface area contributed by atoms with Crippen molar-refractivity contribution >= 4 is 11.8 Å². The van der Waals surface area contributed by atoms with E-state index in [1.54, 1.807) is 16.8 Å². The van der Waals surface area contributed by atoms with Gasteiger partial charge in [-0.2, -0.15) is 5.10 Å². The largest absolute Gasteiger partial charge is 0.355 e. The molecule has 1 aromatic heterocycles. The lowest BCUT2D eigenvalue weighted by molar-refractivity contribution is -0.119. The molecule has 2 saturated heterocycles. The van der Waals surface area contributed by atoms with Crippen LogP contribution in [0.3, 0.4) is 0 Å². The van der Waals surface area contributed by atoms with Crippen LogP contribution in [0.5, 0.6) is 0 Å². The normalized spacial score (nSPS) is 23.5. The average Bonchev–Trinajstić information content (AvgIpc) is 3.42. The minimum atomic E-state index is -0.336. The second kappa shape index (κ2) is 6.15. The van der Waals surface area contributed by atoms with Crippen LogP contribution in [0.4, 0.5) is 4.39 Å². The zero-order valence-electron chi connectivity index (χ0n) is 15.9. The smallest absolute Gasteiger partial charge is 0.274 e. The van der Waals surface area contributed by atoms with Gasteiger partial charge in [0.25, 0.3) is 5.91 Å². The number of nitrogens with zero attached hydrogens (tertiary/aromatic N) is 3. The van der Waals surface area contributed by atoms with Crippen LogP contribution in [0.15, 0.2) is 18.2 Å². The molecule has 1 atom stereocenters. The number of likely N-dealkylation sites (tertiary alicyclic amines) is 1. The van der Waals surface area contributed by atoms with Crippen molar-refractivity contribution in [1.82, 2.24) is 20.0 Å². The third kappa shape index (κ3) is 2.64. The fraction of sp³-hybridized carbons (Fsp3) is 0.476. The molecule has 2 amide bonds. The first-order valence-electron chi connectivity index (χ1n) is 9.89. The summed E-state index contributed by atoms with van der Waals surface area (Å²) in [5.74, 6) is -0.368. The van der Waals surface area contributed by atoms with Gasteiger partial charge in [-0.15, -0.1) is 0 Å². The number of carbonyl (C=O) groups is 2. The van der Waals surface area contributed by atoms with E-state index < -0.39 is 0 Å². The van der Waals surface area contributed by atoms with E-state index in [9.17, 15) is 14.0 Å². The zero-order valence-corrected chi connectivity index (χ0v) is 15.9. The van der Waals surface area contributed by atoms with Crippen LogP contribution in [-0.2, 0) is 17.6 Å². The number of hydrogen-bond donors (Lipinski definition) is 1. The van der Waals surface area contributed by atoms with Crippen LogP contribution >= 0.6 is 0 Å². The lowest BCUT2D eigenvalue weighted by Gasteiger charge is -2.21. The minimum Gasteiger partial charge on any atom is -0.355 e. The highest BCUT2D eigenvalue weighted by molar-refractivity contribution is 5.94. The van der Waals surface area contributed by atoms with Crippen LogP contribution in [0.25, 0.3) is 5.69 Å². The summed E-state index contributed by atoms with van der Waals surface area (Å²) in [4.78, 5) is 26.8. The van der Waals surface area contributed by atoms with Gasteiger partial charge in [0.2, 0.25) is 5.91 Å². The average molecular weight is 382 g/mol. The van der Waals surface area contributed by atoms with Crippen molar-refractivity contribution in [2.75, 3.05) is 19.6 Å². The van der Waals surface area contributed by atoms with E-state index in [0.717, 1.165) is 42.5 Å². The van der Waals surface area contributed by atoms with Crippen LogP contribution < -0.4 is 5.32 Å².